The van der Waals surface area contributed by atoms with Crippen molar-refractivity contribution in [2.24, 2.45) is 0 Å². The monoisotopic (exact) mass is 389 g/mol. The quantitative estimate of drug-likeness (QED) is 0.609. The van der Waals surface area contributed by atoms with E-state index < -0.39 is 11.7 Å². The third-order valence-corrected chi connectivity index (χ3v) is 4.49. The van der Waals surface area contributed by atoms with Crippen molar-refractivity contribution < 1.29 is 13.2 Å². The number of rotatable bonds is 1. The van der Waals surface area contributed by atoms with Crippen molar-refractivity contribution in [1.29, 1.82) is 0 Å². The summed E-state index contributed by atoms with van der Waals surface area (Å²) < 4.78 is 40.2. The van der Waals surface area contributed by atoms with Gasteiger partial charge in [-0.3, -0.25) is 0 Å². The summed E-state index contributed by atoms with van der Waals surface area (Å²) in [5, 5.41) is 3.66. The summed E-state index contributed by atoms with van der Waals surface area (Å²) >= 11 is 9.02. The normalized spacial score (nSPS) is 17.8. The fourth-order valence-corrected chi connectivity index (χ4v) is 3.38. The minimum atomic E-state index is -4.39. The average molecular weight is 391 g/mol. The summed E-state index contributed by atoms with van der Waals surface area (Å²) in [4.78, 5) is 0. The van der Waals surface area contributed by atoms with Crippen LogP contribution in [0.2, 0.25) is 5.02 Å². The Morgan fingerprint density at radius 1 is 1.14 bits per heavy atom. The maximum Gasteiger partial charge on any atom is 0.418 e. The van der Waals surface area contributed by atoms with Gasteiger partial charge in [0.2, 0.25) is 0 Å². The lowest BCUT2D eigenvalue weighted by molar-refractivity contribution is -0.137. The predicted molar refractivity (Wildman–Crippen MR) is 85.3 cm³/mol. The van der Waals surface area contributed by atoms with E-state index in [4.69, 9.17) is 11.6 Å². The third kappa shape index (κ3) is 3.10. The molecule has 0 aromatic heterocycles. The summed E-state index contributed by atoms with van der Waals surface area (Å²) in [7, 11) is 0. The summed E-state index contributed by atoms with van der Waals surface area (Å²) in [6.07, 6.45) is -3.05. The first-order chi connectivity index (χ1) is 10.3. The van der Waals surface area contributed by atoms with Gasteiger partial charge in [0.15, 0.2) is 0 Å². The van der Waals surface area contributed by atoms with Crippen molar-refractivity contribution in [2.45, 2.75) is 25.1 Å². The third-order valence-electron chi connectivity index (χ3n) is 3.78. The van der Waals surface area contributed by atoms with E-state index in [1.807, 2.05) is 12.1 Å². The van der Waals surface area contributed by atoms with Gasteiger partial charge in [0.1, 0.15) is 0 Å². The molecule has 1 nitrogen and oxygen atoms in total. The van der Waals surface area contributed by atoms with Gasteiger partial charge in [-0.25, -0.2) is 0 Å². The first kappa shape index (κ1) is 15.7. The average Bonchev–Trinajstić information content (AvgIpc) is 2.46. The van der Waals surface area contributed by atoms with E-state index in [2.05, 4.69) is 21.2 Å². The van der Waals surface area contributed by atoms with Crippen LogP contribution in [0.15, 0.2) is 40.9 Å². The van der Waals surface area contributed by atoms with Gasteiger partial charge in [-0.1, -0.05) is 39.7 Å². The van der Waals surface area contributed by atoms with E-state index in [0.29, 0.717) is 21.5 Å². The van der Waals surface area contributed by atoms with Gasteiger partial charge in [0.25, 0.3) is 0 Å². The van der Waals surface area contributed by atoms with E-state index in [9.17, 15) is 13.2 Å². The standard InChI is InChI=1S/C16H12BrClF3N/c17-11-7-10-3-6-14(9-1-4-12(18)5-2-9)22-15(10)13(8-11)16(19,20)21/h1-2,4-5,7-8,14,22H,3,6H2. The van der Waals surface area contributed by atoms with Crippen molar-refractivity contribution in [2.75, 3.05) is 5.32 Å². The summed E-state index contributed by atoms with van der Waals surface area (Å²) in [6, 6.07) is 9.91. The molecular formula is C16H12BrClF3N. The molecule has 2 aromatic carbocycles. The Morgan fingerprint density at radius 2 is 1.82 bits per heavy atom. The highest BCUT2D eigenvalue weighted by molar-refractivity contribution is 9.10. The Hall–Kier alpha value is -1.20. The topological polar surface area (TPSA) is 12.0 Å². The van der Waals surface area contributed by atoms with E-state index >= 15 is 0 Å². The highest BCUT2D eigenvalue weighted by Crippen LogP contribution is 2.43. The molecule has 6 heteroatoms. The van der Waals surface area contributed by atoms with Crippen LogP contribution in [0.3, 0.4) is 0 Å². The van der Waals surface area contributed by atoms with E-state index in [1.54, 1.807) is 18.2 Å². The highest BCUT2D eigenvalue weighted by Gasteiger charge is 2.36. The molecule has 0 spiro atoms. The predicted octanol–water partition coefficient (Wildman–Crippen LogP) is 6.22. The summed E-state index contributed by atoms with van der Waals surface area (Å²) in [6.45, 7) is 0. The Balaban J connectivity index is 1.99. The number of hydrogen-bond donors (Lipinski definition) is 1. The number of benzene rings is 2. The molecule has 1 heterocycles. The maximum absolute atomic E-state index is 13.3. The molecule has 0 aliphatic carbocycles. The molecule has 1 atom stereocenters. The molecule has 0 saturated carbocycles. The van der Waals surface area contributed by atoms with Crippen LogP contribution in [0.5, 0.6) is 0 Å². The lowest BCUT2D eigenvalue weighted by atomic mass is 9.91. The van der Waals surface area contributed by atoms with E-state index in [1.165, 1.54) is 0 Å². The SMILES string of the molecule is FC(F)(F)c1cc(Br)cc2c1NC(c1ccc(Cl)cc1)CC2. The van der Waals surface area contributed by atoms with Crippen molar-refractivity contribution in [3.8, 4) is 0 Å². The molecule has 1 aliphatic rings. The van der Waals surface area contributed by atoms with Gasteiger partial charge < -0.3 is 5.32 Å². The Kier molecular flexibility index (Phi) is 4.12. The number of anilines is 1. The van der Waals surface area contributed by atoms with Gasteiger partial charge in [-0.15, -0.1) is 0 Å². The van der Waals surface area contributed by atoms with Crippen LogP contribution in [0, 0.1) is 0 Å². The molecule has 3 rings (SSSR count). The molecule has 2 aromatic rings. The second kappa shape index (κ2) is 5.78. The highest BCUT2D eigenvalue weighted by atomic mass is 79.9. The lowest BCUT2D eigenvalue weighted by Crippen LogP contribution is -2.22. The Bertz CT molecular complexity index is 698. The second-order valence-electron chi connectivity index (χ2n) is 5.27. The van der Waals surface area contributed by atoms with Crippen LogP contribution in [0.4, 0.5) is 18.9 Å². The molecule has 1 N–H and O–H groups in total. The van der Waals surface area contributed by atoms with Crippen molar-refractivity contribution in [3.05, 3.63) is 62.6 Å². The van der Waals surface area contributed by atoms with Gasteiger partial charge in [-0.05, 0) is 48.2 Å². The molecular weight excluding hydrogens is 379 g/mol. The molecule has 116 valence electrons. The first-order valence-electron chi connectivity index (χ1n) is 6.76. The van der Waals surface area contributed by atoms with Gasteiger partial charge in [-0.2, -0.15) is 13.2 Å². The summed E-state index contributed by atoms with van der Waals surface area (Å²) in [5.41, 5.74) is 1.18. The first-order valence-corrected chi connectivity index (χ1v) is 7.93. The van der Waals surface area contributed by atoms with E-state index in [0.717, 1.165) is 18.1 Å². The van der Waals surface area contributed by atoms with Gasteiger partial charge in [0.05, 0.1) is 17.3 Å². The number of nitrogens with one attached hydrogen (secondary N) is 1. The molecule has 0 radical (unpaired) electrons. The van der Waals surface area contributed by atoms with Crippen molar-refractivity contribution >= 4 is 33.2 Å². The molecule has 0 amide bonds. The van der Waals surface area contributed by atoms with Crippen LogP contribution in [0.1, 0.15) is 29.2 Å². The lowest BCUT2D eigenvalue weighted by Gasteiger charge is -2.30. The zero-order chi connectivity index (χ0) is 15.9. The van der Waals surface area contributed by atoms with Crippen LogP contribution < -0.4 is 5.32 Å². The minimum absolute atomic E-state index is 0.146. The number of fused-ring (bicyclic) bond motifs is 1. The molecule has 0 bridgehead atoms. The molecule has 0 saturated heterocycles. The van der Waals surface area contributed by atoms with Crippen molar-refractivity contribution in [1.82, 2.24) is 0 Å². The minimum Gasteiger partial charge on any atom is -0.378 e. The van der Waals surface area contributed by atoms with Gasteiger partial charge >= 0.3 is 6.18 Å². The molecule has 22 heavy (non-hydrogen) atoms. The number of aryl methyl sites for hydroxylation is 1. The maximum atomic E-state index is 13.3. The Morgan fingerprint density at radius 3 is 2.45 bits per heavy atom. The van der Waals surface area contributed by atoms with E-state index in [-0.39, 0.29) is 11.7 Å². The van der Waals surface area contributed by atoms with Crippen molar-refractivity contribution in [3.63, 3.8) is 0 Å². The molecule has 1 aliphatic heterocycles. The molecule has 0 fully saturated rings. The zero-order valence-electron chi connectivity index (χ0n) is 11.3. The number of hydrogen-bond acceptors (Lipinski definition) is 1. The summed E-state index contributed by atoms with van der Waals surface area (Å²) in [5.74, 6) is 0. The zero-order valence-corrected chi connectivity index (χ0v) is 13.7. The number of alkyl halides is 3. The fraction of sp³-hybridized carbons (Fsp3) is 0.250. The largest absolute Gasteiger partial charge is 0.418 e. The van der Waals surface area contributed by atoms with Crippen LogP contribution in [-0.4, -0.2) is 0 Å². The van der Waals surface area contributed by atoms with Crippen LogP contribution >= 0.6 is 27.5 Å². The number of halogens is 5. The van der Waals surface area contributed by atoms with Crippen LogP contribution in [-0.2, 0) is 12.6 Å². The molecule has 1 unspecified atom stereocenters. The second-order valence-corrected chi connectivity index (χ2v) is 6.62. The van der Waals surface area contributed by atoms with Crippen LogP contribution in [0.25, 0.3) is 0 Å². The fourth-order valence-electron chi connectivity index (χ4n) is 2.75. The Labute approximate surface area is 139 Å². The van der Waals surface area contributed by atoms with Gasteiger partial charge in [0, 0.05) is 9.50 Å². The smallest absolute Gasteiger partial charge is 0.378 e.